The van der Waals surface area contributed by atoms with E-state index in [0.29, 0.717) is 6.54 Å². The van der Waals surface area contributed by atoms with Gasteiger partial charge in [0.15, 0.2) is 5.13 Å². The second-order valence-electron chi connectivity index (χ2n) is 5.84. The van der Waals surface area contributed by atoms with Crippen molar-refractivity contribution in [2.45, 2.75) is 25.8 Å². The predicted molar refractivity (Wildman–Crippen MR) is 92.4 cm³/mol. The highest BCUT2D eigenvalue weighted by Gasteiger charge is 2.31. The van der Waals surface area contributed by atoms with E-state index in [1.54, 1.807) is 17.5 Å². The van der Waals surface area contributed by atoms with Crippen molar-refractivity contribution in [1.29, 1.82) is 0 Å². The number of aromatic nitrogens is 2. The lowest BCUT2D eigenvalue weighted by Crippen LogP contribution is -2.38. The van der Waals surface area contributed by atoms with Crippen LogP contribution in [0.2, 0.25) is 0 Å². The summed E-state index contributed by atoms with van der Waals surface area (Å²) < 4.78 is 1.11. The molecule has 1 aromatic carbocycles. The quantitative estimate of drug-likeness (QED) is 0.728. The average molecular weight is 323 g/mol. The number of carbonyl (C=O) groups is 1. The smallest absolute Gasteiger partial charge is 0.232 e. The molecule has 0 radical (unpaired) electrons. The first-order valence-corrected chi connectivity index (χ1v) is 8.70. The van der Waals surface area contributed by atoms with Crippen LogP contribution in [0.5, 0.6) is 0 Å². The lowest BCUT2D eigenvalue weighted by molar-refractivity contribution is -0.124. The molecule has 0 atom stereocenters. The second kappa shape index (κ2) is 6.08. The molecule has 4 rings (SSSR count). The highest BCUT2D eigenvalue weighted by atomic mass is 32.1. The SMILES string of the molecule is O=C(C1CCC1)N(Cc1ccccn1)c1nc2ccccc2s1. The summed E-state index contributed by atoms with van der Waals surface area (Å²) in [5, 5.41) is 0.772. The van der Waals surface area contributed by atoms with Gasteiger partial charge in [0.25, 0.3) is 0 Å². The number of amides is 1. The number of para-hydroxylation sites is 1. The van der Waals surface area contributed by atoms with E-state index < -0.39 is 0 Å². The van der Waals surface area contributed by atoms with Crippen molar-refractivity contribution in [2.75, 3.05) is 4.90 Å². The maximum Gasteiger partial charge on any atom is 0.232 e. The maximum atomic E-state index is 12.9. The van der Waals surface area contributed by atoms with Crippen LogP contribution >= 0.6 is 11.3 Å². The van der Waals surface area contributed by atoms with E-state index in [9.17, 15) is 4.79 Å². The van der Waals surface area contributed by atoms with Crippen molar-refractivity contribution in [3.05, 3.63) is 54.4 Å². The number of pyridine rings is 1. The zero-order valence-electron chi connectivity index (χ0n) is 12.7. The number of benzene rings is 1. The van der Waals surface area contributed by atoms with E-state index in [2.05, 4.69) is 9.97 Å². The van der Waals surface area contributed by atoms with E-state index in [4.69, 9.17) is 0 Å². The van der Waals surface area contributed by atoms with E-state index in [1.807, 2.05) is 47.4 Å². The molecule has 2 heterocycles. The Balaban J connectivity index is 1.69. The number of hydrogen-bond acceptors (Lipinski definition) is 4. The molecular formula is C18H17N3OS. The third-order valence-electron chi connectivity index (χ3n) is 4.28. The molecule has 3 aromatic rings. The van der Waals surface area contributed by atoms with Crippen LogP contribution in [-0.4, -0.2) is 15.9 Å². The van der Waals surface area contributed by atoms with E-state index >= 15 is 0 Å². The monoisotopic (exact) mass is 323 g/mol. The summed E-state index contributed by atoms with van der Waals surface area (Å²) in [5.41, 5.74) is 1.83. The van der Waals surface area contributed by atoms with Gasteiger partial charge in [0.05, 0.1) is 22.5 Å². The van der Waals surface area contributed by atoms with Gasteiger partial charge in [0.1, 0.15) is 0 Å². The molecule has 1 saturated carbocycles. The molecule has 1 aliphatic carbocycles. The molecule has 0 N–H and O–H groups in total. The van der Waals surface area contributed by atoms with Gasteiger partial charge in [-0.05, 0) is 37.1 Å². The fourth-order valence-electron chi connectivity index (χ4n) is 2.74. The first-order chi connectivity index (χ1) is 11.3. The molecule has 2 aromatic heterocycles. The number of thiazole rings is 1. The molecule has 23 heavy (non-hydrogen) atoms. The van der Waals surface area contributed by atoms with Crippen LogP contribution in [0.1, 0.15) is 25.0 Å². The number of carbonyl (C=O) groups excluding carboxylic acids is 1. The first-order valence-electron chi connectivity index (χ1n) is 7.88. The van der Waals surface area contributed by atoms with Crippen LogP contribution in [0.15, 0.2) is 48.7 Å². The molecule has 1 aliphatic rings. The molecule has 5 heteroatoms. The molecule has 1 amide bonds. The Kier molecular flexibility index (Phi) is 3.79. The lowest BCUT2D eigenvalue weighted by Gasteiger charge is -2.30. The Labute approximate surface area is 138 Å². The Hall–Kier alpha value is -2.27. The van der Waals surface area contributed by atoms with Crippen molar-refractivity contribution in [2.24, 2.45) is 5.92 Å². The number of anilines is 1. The molecule has 1 fully saturated rings. The topological polar surface area (TPSA) is 46.1 Å². The molecular weight excluding hydrogens is 306 g/mol. The summed E-state index contributed by atoms with van der Waals surface area (Å²) >= 11 is 1.57. The van der Waals surface area contributed by atoms with Gasteiger partial charge in [-0.1, -0.05) is 36.0 Å². The van der Waals surface area contributed by atoms with Crippen LogP contribution in [0.4, 0.5) is 5.13 Å². The maximum absolute atomic E-state index is 12.9. The summed E-state index contributed by atoms with van der Waals surface area (Å²) in [6, 6.07) is 13.8. The second-order valence-corrected chi connectivity index (χ2v) is 6.85. The Morgan fingerprint density at radius 3 is 2.70 bits per heavy atom. The number of rotatable bonds is 4. The average Bonchev–Trinajstić information content (AvgIpc) is 2.95. The molecule has 116 valence electrons. The molecule has 0 spiro atoms. The van der Waals surface area contributed by atoms with Gasteiger partial charge >= 0.3 is 0 Å². The number of fused-ring (bicyclic) bond motifs is 1. The minimum atomic E-state index is 0.144. The Morgan fingerprint density at radius 2 is 2.00 bits per heavy atom. The highest BCUT2D eigenvalue weighted by molar-refractivity contribution is 7.22. The zero-order valence-corrected chi connectivity index (χ0v) is 13.5. The molecule has 0 bridgehead atoms. The molecule has 0 unspecified atom stereocenters. The van der Waals surface area contributed by atoms with Crippen LogP contribution in [0.25, 0.3) is 10.2 Å². The normalized spacial score (nSPS) is 14.6. The summed E-state index contributed by atoms with van der Waals surface area (Å²) in [6.45, 7) is 0.482. The van der Waals surface area contributed by atoms with E-state index in [0.717, 1.165) is 40.3 Å². The summed E-state index contributed by atoms with van der Waals surface area (Å²) in [6.07, 6.45) is 4.89. The van der Waals surface area contributed by atoms with Gasteiger partial charge in [0, 0.05) is 12.1 Å². The third-order valence-corrected chi connectivity index (χ3v) is 5.34. The van der Waals surface area contributed by atoms with Crippen LogP contribution in [0.3, 0.4) is 0 Å². The predicted octanol–water partition coefficient (Wildman–Crippen LogP) is 4.02. The lowest BCUT2D eigenvalue weighted by atomic mass is 9.84. The largest absolute Gasteiger partial charge is 0.282 e. The fourth-order valence-corrected chi connectivity index (χ4v) is 3.71. The van der Waals surface area contributed by atoms with Crippen LogP contribution < -0.4 is 4.90 Å². The fraction of sp³-hybridized carbons (Fsp3) is 0.278. The van der Waals surface area contributed by atoms with Crippen molar-refractivity contribution in [1.82, 2.24) is 9.97 Å². The van der Waals surface area contributed by atoms with Crippen molar-refractivity contribution in [3.8, 4) is 0 Å². The van der Waals surface area contributed by atoms with Gasteiger partial charge in [0.2, 0.25) is 5.91 Å². The third kappa shape index (κ3) is 2.84. The van der Waals surface area contributed by atoms with Gasteiger partial charge < -0.3 is 0 Å². The summed E-state index contributed by atoms with van der Waals surface area (Å²) in [5.74, 6) is 0.326. The zero-order chi connectivity index (χ0) is 15.6. The summed E-state index contributed by atoms with van der Waals surface area (Å²) in [7, 11) is 0. The van der Waals surface area contributed by atoms with Crippen molar-refractivity contribution in [3.63, 3.8) is 0 Å². The summed E-state index contributed by atoms with van der Waals surface area (Å²) in [4.78, 5) is 23.7. The van der Waals surface area contributed by atoms with Gasteiger partial charge in [-0.2, -0.15) is 0 Å². The van der Waals surface area contributed by atoms with Gasteiger partial charge in [-0.15, -0.1) is 0 Å². The molecule has 0 aliphatic heterocycles. The molecule has 0 saturated heterocycles. The standard InChI is InChI=1S/C18H17N3OS/c22-17(13-6-5-7-13)21(12-14-8-3-4-11-19-14)18-20-15-9-1-2-10-16(15)23-18/h1-4,8-11,13H,5-7,12H2. The van der Waals surface area contributed by atoms with Crippen molar-refractivity contribution < 1.29 is 4.79 Å². The van der Waals surface area contributed by atoms with Crippen LogP contribution in [-0.2, 0) is 11.3 Å². The minimum absolute atomic E-state index is 0.144. The number of nitrogens with zero attached hydrogens (tertiary/aromatic N) is 3. The highest BCUT2D eigenvalue weighted by Crippen LogP contribution is 2.34. The number of hydrogen-bond donors (Lipinski definition) is 0. The van der Waals surface area contributed by atoms with Gasteiger partial charge in [-0.25, -0.2) is 4.98 Å². The van der Waals surface area contributed by atoms with Crippen LogP contribution in [0, 0.1) is 5.92 Å². The Morgan fingerprint density at radius 1 is 1.17 bits per heavy atom. The van der Waals surface area contributed by atoms with E-state index in [-0.39, 0.29) is 11.8 Å². The minimum Gasteiger partial charge on any atom is -0.282 e. The Bertz CT molecular complexity index is 793. The van der Waals surface area contributed by atoms with Crippen molar-refractivity contribution >= 4 is 32.6 Å². The first kappa shape index (κ1) is 14.3. The molecule has 4 nitrogen and oxygen atoms in total. The van der Waals surface area contributed by atoms with E-state index in [1.165, 1.54) is 0 Å². The van der Waals surface area contributed by atoms with Gasteiger partial charge in [-0.3, -0.25) is 14.7 Å².